The molecule has 0 fully saturated rings. The third-order valence-electron chi connectivity index (χ3n) is 5.18. The van der Waals surface area contributed by atoms with Gasteiger partial charge in [0.25, 0.3) is 5.91 Å². The van der Waals surface area contributed by atoms with Crippen LogP contribution in [0.25, 0.3) is 11.1 Å². The number of likely N-dealkylation sites (N-methyl/N-ethyl adjacent to an activating group) is 1. The lowest BCUT2D eigenvalue weighted by Gasteiger charge is -2.33. The molecule has 2 aliphatic heterocycles. The lowest BCUT2D eigenvalue weighted by molar-refractivity contribution is -0.129. The first-order chi connectivity index (χ1) is 13.5. The highest BCUT2D eigenvalue weighted by Gasteiger charge is 2.53. The first-order valence-electron chi connectivity index (χ1n) is 8.68. The Labute approximate surface area is 165 Å². The molecule has 0 aliphatic carbocycles. The molecule has 2 aliphatic rings. The summed E-state index contributed by atoms with van der Waals surface area (Å²) in [7, 11) is 1.62. The van der Waals surface area contributed by atoms with Crippen molar-refractivity contribution in [2.75, 3.05) is 7.05 Å². The first kappa shape index (κ1) is 16.9. The number of hydrogen-bond donors (Lipinski definition) is 1. The second-order valence-electron chi connectivity index (χ2n) is 6.70. The van der Waals surface area contributed by atoms with Crippen LogP contribution < -0.4 is 5.73 Å². The summed E-state index contributed by atoms with van der Waals surface area (Å²) in [5, 5.41) is 0. The van der Waals surface area contributed by atoms with Crippen molar-refractivity contribution < 1.29 is 9.18 Å². The Morgan fingerprint density at radius 1 is 1.07 bits per heavy atom. The number of aromatic nitrogens is 1. The highest BCUT2D eigenvalue weighted by atomic mass is 32.2. The molecule has 7 heteroatoms. The zero-order valence-electron chi connectivity index (χ0n) is 14.9. The summed E-state index contributed by atoms with van der Waals surface area (Å²) >= 11 is 1.57. The van der Waals surface area contributed by atoms with Crippen molar-refractivity contribution in [1.29, 1.82) is 0 Å². The topological polar surface area (TPSA) is 71.6 Å². The third-order valence-corrected chi connectivity index (χ3v) is 6.33. The van der Waals surface area contributed by atoms with E-state index in [0.29, 0.717) is 16.7 Å². The van der Waals surface area contributed by atoms with Crippen LogP contribution in [0.3, 0.4) is 0 Å². The first-order valence-corrected chi connectivity index (χ1v) is 9.50. The number of nitrogens with two attached hydrogens (primary N) is 1. The van der Waals surface area contributed by atoms with E-state index in [9.17, 15) is 9.18 Å². The monoisotopic (exact) mass is 390 g/mol. The van der Waals surface area contributed by atoms with Crippen molar-refractivity contribution in [3.8, 4) is 11.1 Å². The van der Waals surface area contributed by atoms with E-state index in [1.54, 1.807) is 30.9 Å². The van der Waals surface area contributed by atoms with Crippen molar-refractivity contribution in [2.24, 2.45) is 10.7 Å². The maximum atomic E-state index is 14.3. The van der Waals surface area contributed by atoms with Crippen LogP contribution >= 0.6 is 11.8 Å². The normalized spacial score (nSPS) is 20.1. The van der Waals surface area contributed by atoms with Crippen LogP contribution in [0, 0.1) is 5.95 Å². The average molecular weight is 390 g/mol. The van der Waals surface area contributed by atoms with Gasteiger partial charge in [-0.2, -0.15) is 4.39 Å². The van der Waals surface area contributed by atoms with E-state index in [0.717, 1.165) is 15.4 Å². The Hall–Kier alpha value is -3.19. The molecule has 2 N–H and O–H groups in total. The molecule has 1 aromatic heterocycles. The van der Waals surface area contributed by atoms with Gasteiger partial charge in [0.15, 0.2) is 11.5 Å². The summed E-state index contributed by atoms with van der Waals surface area (Å²) in [5.41, 5.74) is 7.28. The van der Waals surface area contributed by atoms with E-state index in [-0.39, 0.29) is 11.9 Å². The fourth-order valence-corrected chi connectivity index (χ4v) is 4.94. The molecule has 3 aromatic rings. The lowest BCUT2D eigenvalue weighted by Crippen LogP contribution is -2.42. The maximum absolute atomic E-state index is 14.3. The quantitative estimate of drug-likeness (QED) is 0.647. The summed E-state index contributed by atoms with van der Waals surface area (Å²) < 4.78 is 14.3. The molecule has 0 saturated carbocycles. The van der Waals surface area contributed by atoms with Crippen molar-refractivity contribution in [2.45, 2.75) is 15.3 Å². The summed E-state index contributed by atoms with van der Waals surface area (Å²) in [6, 6.07) is 16.6. The summed E-state index contributed by atoms with van der Waals surface area (Å²) in [4.78, 5) is 25.0. The molecule has 1 spiro atoms. The molecule has 1 atom stereocenters. The lowest BCUT2D eigenvalue weighted by atomic mass is 9.81. The van der Waals surface area contributed by atoms with E-state index in [2.05, 4.69) is 9.98 Å². The number of nitrogens with zero attached hydrogens (tertiary/aromatic N) is 3. The number of guanidine groups is 1. The minimum atomic E-state index is -1.26. The number of carbonyl (C=O) groups excluding carboxylic acids is 1. The van der Waals surface area contributed by atoms with Crippen LogP contribution in [0.15, 0.2) is 75.6 Å². The van der Waals surface area contributed by atoms with Gasteiger partial charge in [-0.15, -0.1) is 0 Å². The molecule has 3 heterocycles. The van der Waals surface area contributed by atoms with Crippen molar-refractivity contribution in [3.63, 3.8) is 0 Å². The Morgan fingerprint density at radius 3 is 2.61 bits per heavy atom. The van der Waals surface area contributed by atoms with Crippen molar-refractivity contribution in [1.82, 2.24) is 9.88 Å². The molecule has 2 aromatic carbocycles. The largest absolute Gasteiger partial charge is 0.369 e. The molecule has 1 amide bonds. The fourth-order valence-electron chi connectivity index (χ4n) is 3.78. The van der Waals surface area contributed by atoms with E-state index in [1.807, 2.05) is 42.5 Å². The van der Waals surface area contributed by atoms with Gasteiger partial charge in [0.2, 0.25) is 5.95 Å². The highest BCUT2D eigenvalue weighted by molar-refractivity contribution is 7.99. The maximum Gasteiger partial charge on any atom is 0.266 e. The van der Waals surface area contributed by atoms with Gasteiger partial charge in [-0.05, 0) is 35.9 Å². The fraction of sp³-hybridized carbons (Fsp3) is 0.0952. The smallest absolute Gasteiger partial charge is 0.266 e. The van der Waals surface area contributed by atoms with Crippen LogP contribution in [-0.2, 0) is 10.3 Å². The predicted octanol–water partition coefficient (Wildman–Crippen LogP) is 3.38. The number of carbonyl (C=O) groups is 1. The van der Waals surface area contributed by atoms with Crippen molar-refractivity contribution in [3.05, 3.63) is 77.9 Å². The Balaban J connectivity index is 1.81. The minimum absolute atomic E-state index is 0.163. The van der Waals surface area contributed by atoms with Gasteiger partial charge in [-0.1, -0.05) is 36.0 Å². The van der Waals surface area contributed by atoms with E-state index in [1.165, 1.54) is 11.1 Å². The molecule has 0 bridgehead atoms. The van der Waals surface area contributed by atoms with E-state index >= 15 is 0 Å². The SMILES string of the molecule is CN1C(=O)C2(N=C1N)c1ccccc1Sc1ccc(-c3cccnc3F)cc12. The molecule has 0 radical (unpaired) electrons. The summed E-state index contributed by atoms with van der Waals surface area (Å²) in [5.74, 6) is -0.614. The summed E-state index contributed by atoms with van der Waals surface area (Å²) in [6.07, 6.45) is 1.41. The molecule has 138 valence electrons. The average Bonchev–Trinajstić information content (AvgIpc) is 2.93. The standard InChI is InChI=1S/C21H15FN4OS/c1-26-19(27)21(25-20(26)23)14-6-2-3-7-16(14)28-17-9-8-12(11-15(17)21)13-5-4-10-24-18(13)22/h2-11H,1H3,(H2,23,25). The zero-order valence-corrected chi connectivity index (χ0v) is 15.7. The van der Waals surface area contributed by atoms with E-state index in [4.69, 9.17) is 5.73 Å². The number of hydrogen-bond acceptors (Lipinski definition) is 5. The van der Waals surface area contributed by atoms with Gasteiger partial charge < -0.3 is 5.73 Å². The zero-order chi connectivity index (χ0) is 19.5. The number of fused-ring (bicyclic) bond motifs is 4. The van der Waals surface area contributed by atoms with Gasteiger partial charge in [0.05, 0.1) is 0 Å². The highest BCUT2D eigenvalue weighted by Crippen LogP contribution is 2.53. The number of aliphatic imine (C=N–C) groups is 1. The van der Waals surface area contributed by atoms with Crippen LogP contribution in [0.4, 0.5) is 4.39 Å². The van der Waals surface area contributed by atoms with Gasteiger partial charge in [-0.25, -0.2) is 9.98 Å². The minimum Gasteiger partial charge on any atom is -0.369 e. The van der Waals surface area contributed by atoms with E-state index < -0.39 is 11.5 Å². The van der Waals surface area contributed by atoms with Gasteiger partial charge in [-0.3, -0.25) is 9.69 Å². The third kappa shape index (κ3) is 2.16. The van der Waals surface area contributed by atoms with Crippen LogP contribution in [-0.4, -0.2) is 28.8 Å². The molecular weight excluding hydrogens is 375 g/mol. The van der Waals surface area contributed by atoms with Crippen LogP contribution in [0.1, 0.15) is 11.1 Å². The summed E-state index contributed by atoms with van der Waals surface area (Å²) in [6.45, 7) is 0. The van der Waals surface area contributed by atoms with Gasteiger partial charge in [0.1, 0.15) is 0 Å². The van der Waals surface area contributed by atoms with Crippen molar-refractivity contribution >= 4 is 23.6 Å². The molecule has 1 unspecified atom stereocenters. The van der Waals surface area contributed by atoms with Gasteiger partial charge >= 0.3 is 0 Å². The number of amides is 1. The second-order valence-corrected chi connectivity index (χ2v) is 7.78. The number of halogens is 1. The Morgan fingerprint density at radius 2 is 1.86 bits per heavy atom. The second kappa shape index (κ2) is 5.90. The van der Waals surface area contributed by atoms with Crippen LogP contribution in [0.2, 0.25) is 0 Å². The Bertz CT molecular complexity index is 1180. The van der Waals surface area contributed by atoms with Gasteiger partial charge in [0, 0.05) is 39.7 Å². The molecular formula is C21H15FN4OS. The predicted molar refractivity (Wildman–Crippen MR) is 105 cm³/mol. The number of benzene rings is 2. The van der Waals surface area contributed by atoms with Crippen LogP contribution in [0.5, 0.6) is 0 Å². The Kier molecular flexibility index (Phi) is 3.57. The molecule has 0 saturated heterocycles. The molecule has 5 rings (SSSR count). The molecule has 5 nitrogen and oxygen atoms in total. The molecule has 28 heavy (non-hydrogen) atoms. The number of rotatable bonds is 1. The number of pyridine rings is 1.